The molecule has 1 aromatic heterocycles. The summed E-state index contributed by atoms with van der Waals surface area (Å²) in [6.45, 7) is 1.95. The number of piperazine rings is 1. The molecule has 0 bridgehead atoms. The molecule has 0 aliphatic carbocycles. The molecule has 1 amide bonds. The predicted molar refractivity (Wildman–Crippen MR) is 84.2 cm³/mol. The molecule has 2 aromatic rings. The van der Waals surface area contributed by atoms with Crippen molar-refractivity contribution < 1.29 is 13.6 Å². The van der Waals surface area contributed by atoms with Gasteiger partial charge in [0.15, 0.2) is 0 Å². The zero-order chi connectivity index (χ0) is 16.4. The zero-order valence-electron chi connectivity index (χ0n) is 12.0. The number of hydrogen-bond acceptors (Lipinski definition) is 4. The number of anilines is 1. The summed E-state index contributed by atoms with van der Waals surface area (Å²) in [7, 11) is 0. The molecule has 23 heavy (non-hydrogen) atoms. The van der Waals surface area contributed by atoms with E-state index in [-0.39, 0.29) is 5.56 Å². The number of hydrogen-bond donors (Lipinski definition) is 0. The highest BCUT2D eigenvalue weighted by atomic mass is 79.9. The highest BCUT2D eigenvalue weighted by Crippen LogP contribution is 2.16. The second-order valence-corrected chi connectivity index (χ2v) is 6.02. The Kier molecular flexibility index (Phi) is 4.51. The molecule has 5 nitrogen and oxygen atoms in total. The van der Waals surface area contributed by atoms with Crippen LogP contribution in [0.25, 0.3) is 0 Å². The minimum Gasteiger partial charge on any atom is -0.337 e. The van der Waals surface area contributed by atoms with Crippen LogP contribution in [0.2, 0.25) is 0 Å². The third-order valence-corrected chi connectivity index (χ3v) is 4.03. The van der Waals surface area contributed by atoms with Crippen LogP contribution in [0, 0.1) is 11.6 Å². The number of halogens is 3. The summed E-state index contributed by atoms with van der Waals surface area (Å²) in [5, 5.41) is 0. The number of benzene rings is 1. The first-order chi connectivity index (χ1) is 11.0. The summed E-state index contributed by atoms with van der Waals surface area (Å²) in [5.74, 6) is -1.38. The van der Waals surface area contributed by atoms with Gasteiger partial charge in [-0.2, -0.15) is 0 Å². The Morgan fingerprint density at radius 1 is 1.09 bits per heavy atom. The Morgan fingerprint density at radius 3 is 2.35 bits per heavy atom. The molecule has 2 heterocycles. The van der Waals surface area contributed by atoms with Gasteiger partial charge >= 0.3 is 0 Å². The maximum atomic E-state index is 13.7. The van der Waals surface area contributed by atoms with Crippen molar-refractivity contribution in [2.75, 3.05) is 31.1 Å². The first-order valence-corrected chi connectivity index (χ1v) is 7.81. The minimum absolute atomic E-state index is 0.111. The van der Waals surface area contributed by atoms with Crippen LogP contribution in [0.5, 0.6) is 0 Å². The number of nitrogens with zero attached hydrogens (tertiary/aromatic N) is 4. The topological polar surface area (TPSA) is 49.3 Å². The zero-order valence-corrected chi connectivity index (χ0v) is 13.6. The minimum atomic E-state index is -0.839. The third kappa shape index (κ3) is 3.47. The first-order valence-electron chi connectivity index (χ1n) is 7.01. The lowest BCUT2D eigenvalue weighted by molar-refractivity contribution is 0.0741. The van der Waals surface area contributed by atoms with Gasteiger partial charge in [-0.05, 0) is 28.1 Å². The van der Waals surface area contributed by atoms with Crippen molar-refractivity contribution in [1.29, 1.82) is 0 Å². The lowest BCUT2D eigenvalue weighted by atomic mass is 10.1. The van der Waals surface area contributed by atoms with E-state index in [1.807, 2.05) is 4.90 Å². The second kappa shape index (κ2) is 6.57. The van der Waals surface area contributed by atoms with E-state index >= 15 is 0 Å². The van der Waals surface area contributed by atoms with Gasteiger partial charge in [-0.3, -0.25) is 4.79 Å². The van der Waals surface area contributed by atoms with Gasteiger partial charge in [-0.1, -0.05) is 0 Å². The summed E-state index contributed by atoms with van der Waals surface area (Å²) in [5.41, 5.74) is -0.111. The van der Waals surface area contributed by atoms with Gasteiger partial charge in [-0.15, -0.1) is 0 Å². The summed E-state index contributed by atoms with van der Waals surface area (Å²) in [6.07, 6.45) is 3.32. The SMILES string of the molecule is O=C(c1ccc(F)cc1F)N1CCN(c2ncc(Br)cn2)CC1. The number of aromatic nitrogens is 2. The van der Waals surface area contributed by atoms with Crippen molar-refractivity contribution in [2.45, 2.75) is 0 Å². The number of carbonyl (C=O) groups is 1. The van der Waals surface area contributed by atoms with Crippen LogP contribution in [-0.2, 0) is 0 Å². The summed E-state index contributed by atoms with van der Waals surface area (Å²) >= 11 is 3.28. The van der Waals surface area contributed by atoms with Crippen molar-refractivity contribution in [2.24, 2.45) is 0 Å². The monoisotopic (exact) mass is 382 g/mol. The van der Waals surface area contributed by atoms with E-state index in [2.05, 4.69) is 25.9 Å². The van der Waals surface area contributed by atoms with Crippen LogP contribution in [0.1, 0.15) is 10.4 Å². The average Bonchev–Trinajstić information content (AvgIpc) is 2.55. The first kappa shape index (κ1) is 15.8. The molecule has 1 fully saturated rings. The largest absolute Gasteiger partial charge is 0.337 e. The number of carbonyl (C=O) groups excluding carboxylic acids is 1. The Morgan fingerprint density at radius 2 is 1.74 bits per heavy atom. The molecule has 0 radical (unpaired) electrons. The molecule has 0 atom stereocenters. The fourth-order valence-electron chi connectivity index (χ4n) is 2.41. The lowest BCUT2D eigenvalue weighted by Crippen LogP contribution is -2.49. The maximum absolute atomic E-state index is 13.7. The van der Waals surface area contributed by atoms with Gasteiger partial charge in [0.05, 0.1) is 10.0 Å². The maximum Gasteiger partial charge on any atom is 0.256 e. The number of rotatable bonds is 2. The van der Waals surface area contributed by atoms with Gasteiger partial charge in [0, 0.05) is 44.6 Å². The average molecular weight is 383 g/mol. The number of amides is 1. The molecule has 1 aliphatic heterocycles. The van der Waals surface area contributed by atoms with Crippen LogP contribution in [-0.4, -0.2) is 47.0 Å². The molecule has 120 valence electrons. The Hall–Kier alpha value is -2.09. The third-order valence-electron chi connectivity index (χ3n) is 3.62. The van der Waals surface area contributed by atoms with Crippen molar-refractivity contribution in [3.05, 3.63) is 52.3 Å². The molecule has 1 aromatic carbocycles. The van der Waals surface area contributed by atoms with E-state index in [9.17, 15) is 13.6 Å². The van der Waals surface area contributed by atoms with E-state index in [1.165, 1.54) is 6.07 Å². The van der Waals surface area contributed by atoms with Crippen molar-refractivity contribution >= 4 is 27.8 Å². The lowest BCUT2D eigenvalue weighted by Gasteiger charge is -2.34. The van der Waals surface area contributed by atoms with Crippen molar-refractivity contribution in [3.63, 3.8) is 0 Å². The molecule has 0 N–H and O–H groups in total. The van der Waals surface area contributed by atoms with Crippen LogP contribution in [0.15, 0.2) is 35.1 Å². The van der Waals surface area contributed by atoms with Gasteiger partial charge < -0.3 is 9.80 Å². The molecular formula is C15H13BrF2N4O. The highest BCUT2D eigenvalue weighted by molar-refractivity contribution is 9.10. The van der Waals surface area contributed by atoms with Gasteiger partial charge in [0.2, 0.25) is 5.95 Å². The van der Waals surface area contributed by atoms with Gasteiger partial charge in [0.1, 0.15) is 11.6 Å². The highest BCUT2D eigenvalue weighted by Gasteiger charge is 2.25. The molecule has 1 saturated heterocycles. The molecular weight excluding hydrogens is 370 g/mol. The summed E-state index contributed by atoms with van der Waals surface area (Å²) < 4.78 is 27.4. The molecule has 0 spiro atoms. The Balaban J connectivity index is 1.66. The summed E-state index contributed by atoms with van der Waals surface area (Å²) in [4.78, 5) is 24.3. The molecule has 0 unspecified atom stereocenters. The van der Waals surface area contributed by atoms with E-state index < -0.39 is 17.5 Å². The van der Waals surface area contributed by atoms with Gasteiger partial charge in [-0.25, -0.2) is 18.7 Å². The van der Waals surface area contributed by atoms with Crippen LogP contribution < -0.4 is 4.90 Å². The smallest absolute Gasteiger partial charge is 0.256 e. The van der Waals surface area contributed by atoms with Crippen molar-refractivity contribution in [3.8, 4) is 0 Å². The van der Waals surface area contributed by atoms with E-state index in [0.29, 0.717) is 32.1 Å². The Bertz CT molecular complexity index is 718. The molecule has 3 rings (SSSR count). The molecule has 0 saturated carbocycles. The Labute approximate surface area is 140 Å². The normalized spacial score (nSPS) is 14.9. The predicted octanol–water partition coefficient (Wildman–Crippen LogP) is 2.48. The fraction of sp³-hybridized carbons (Fsp3) is 0.267. The fourth-order valence-corrected chi connectivity index (χ4v) is 2.62. The van der Waals surface area contributed by atoms with Gasteiger partial charge in [0.25, 0.3) is 5.91 Å². The van der Waals surface area contributed by atoms with Crippen LogP contribution in [0.4, 0.5) is 14.7 Å². The van der Waals surface area contributed by atoms with E-state index in [1.54, 1.807) is 17.3 Å². The molecule has 1 aliphatic rings. The second-order valence-electron chi connectivity index (χ2n) is 5.10. The van der Waals surface area contributed by atoms with Crippen LogP contribution in [0.3, 0.4) is 0 Å². The summed E-state index contributed by atoms with van der Waals surface area (Å²) in [6, 6.07) is 2.98. The molecule has 8 heteroatoms. The van der Waals surface area contributed by atoms with Crippen LogP contribution >= 0.6 is 15.9 Å². The van der Waals surface area contributed by atoms with E-state index in [0.717, 1.165) is 16.6 Å². The quantitative estimate of drug-likeness (QED) is 0.800. The van der Waals surface area contributed by atoms with Crippen molar-refractivity contribution in [1.82, 2.24) is 14.9 Å². The standard InChI is InChI=1S/C15H13BrF2N4O/c16-10-8-19-15(20-9-10)22-5-3-21(4-6-22)14(23)12-2-1-11(17)7-13(12)18/h1-2,7-9H,3-6H2. The van der Waals surface area contributed by atoms with E-state index in [4.69, 9.17) is 0 Å².